The van der Waals surface area contributed by atoms with E-state index in [0.717, 1.165) is 12.8 Å². The van der Waals surface area contributed by atoms with Gasteiger partial charge in [0.1, 0.15) is 12.2 Å². The van der Waals surface area contributed by atoms with Crippen LogP contribution in [-0.2, 0) is 17.8 Å². The maximum atomic E-state index is 12.2. The van der Waals surface area contributed by atoms with Gasteiger partial charge in [-0.3, -0.25) is 9.59 Å². The molecule has 3 rings (SSSR count). The van der Waals surface area contributed by atoms with Crippen molar-refractivity contribution in [2.45, 2.75) is 38.4 Å². The van der Waals surface area contributed by atoms with E-state index in [1.165, 1.54) is 6.33 Å². The second kappa shape index (κ2) is 6.45. The topological polar surface area (TPSA) is 76.0 Å². The molecule has 1 aromatic rings. The Morgan fingerprint density at radius 1 is 1.25 bits per heavy atom. The van der Waals surface area contributed by atoms with Crippen molar-refractivity contribution in [3.05, 3.63) is 17.7 Å². The van der Waals surface area contributed by atoms with Gasteiger partial charge in [0.2, 0.25) is 5.91 Å². The van der Waals surface area contributed by atoms with Gasteiger partial charge in [0.05, 0.1) is 17.9 Å². The Bertz CT molecular complexity index is 637. The summed E-state index contributed by atoms with van der Waals surface area (Å²) in [5.74, 6) is -0.441. The summed E-state index contributed by atoms with van der Waals surface area (Å²) in [6, 6.07) is 0. The fraction of sp³-hybridized carbons (Fsp3) is 0.667. The largest absolute Gasteiger partial charge is 0.405 e. The van der Waals surface area contributed by atoms with E-state index < -0.39 is 18.6 Å². The quantitative estimate of drug-likeness (QED) is 0.844. The highest BCUT2D eigenvalue weighted by Gasteiger charge is 2.32. The minimum Gasteiger partial charge on any atom is -0.356 e. The highest BCUT2D eigenvalue weighted by Crippen LogP contribution is 2.28. The molecular formula is C15H19F3N4O2. The molecule has 132 valence electrons. The predicted molar refractivity (Wildman–Crippen MR) is 78.2 cm³/mol. The average Bonchev–Trinajstić information content (AvgIpc) is 3.26. The molecule has 0 saturated heterocycles. The van der Waals surface area contributed by atoms with Gasteiger partial charge in [0.15, 0.2) is 0 Å². The van der Waals surface area contributed by atoms with E-state index in [1.807, 2.05) is 5.32 Å². The lowest BCUT2D eigenvalue weighted by molar-refractivity contribution is -0.126. The smallest absolute Gasteiger partial charge is 0.356 e. The van der Waals surface area contributed by atoms with Crippen LogP contribution < -0.4 is 10.6 Å². The molecule has 1 saturated carbocycles. The predicted octanol–water partition coefficient (Wildman–Crippen LogP) is 1.26. The first kappa shape index (κ1) is 16.8. The summed E-state index contributed by atoms with van der Waals surface area (Å²) in [7, 11) is 0. The number of rotatable bonds is 5. The van der Waals surface area contributed by atoms with Crippen molar-refractivity contribution < 1.29 is 22.8 Å². The summed E-state index contributed by atoms with van der Waals surface area (Å²) in [4.78, 5) is 27.9. The van der Waals surface area contributed by atoms with Crippen molar-refractivity contribution in [3.63, 3.8) is 0 Å². The molecule has 1 aromatic heterocycles. The zero-order valence-corrected chi connectivity index (χ0v) is 13.0. The summed E-state index contributed by atoms with van der Waals surface area (Å²) in [6.07, 6.45) is 0.274. The lowest BCUT2D eigenvalue weighted by atomic mass is 9.96. The third-order valence-corrected chi connectivity index (χ3v) is 4.39. The highest BCUT2D eigenvalue weighted by atomic mass is 19.4. The summed E-state index contributed by atoms with van der Waals surface area (Å²) >= 11 is 0. The van der Waals surface area contributed by atoms with E-state index >= 15 is 0 Å². The molecule has 1 fully saturated rings. The van der Waals surface area contributed by atoms with Gasteiger partial charge in [0.25, 0.3) is 5.91 Å². The molecule has 24 heavy (non-hydrogen) atoms. The Labute approximate surface area is 136 Å². The monoisotopic (exact) mass is 344 g/mol. The fourth-order valence-corrected chi connectivity index (χ4v) is 2.85. The number of aromatic nitrogens is 2. The molecule has 6 nitrogen and oxygen atoms in total. The second-order valence-corrected chi connectivity index (χ2v) is 6.41. The van der Waals surface area contributed by atoms with Crippen LogP contribution in [0.5, 0.6) is 0 Å². The lowest BCUT2D eigenvalue weighted by Gasteiger charge is -2.24. The normalized spacial score (nSPS) is 20.4. The van der Waals surface area contributed by atoms with E-state index in [4.69, 9.17) is 0 Å². The number of nitrogens with zero attached hydrogens (tertiary/aromatic N) is 2. The molecule has 1 aliphatic carbocycles. The molecule has 0 aromatic carbocycles. The van der Waals surface area contributed by atoms with Crippen LogP contribution in [0.4, 0.5) is 13.2 Å². The van der Waals surface area contributed by atoms with Crippen molar-refractivity contribution in [1.82, 2.24) is 20.2 Å². The molecule has 0 bridgehead atoms. The van der Waals surface area contributed by atoms with Crippen LogP contribution in [0.3, 0.4) is 0 Å². The number of nitrogens with one attached hydrogen (secondary N) is 2. The fourth-order valence-electron chi connectivity index (χ4n) is 2.85. The van der Waals surface area contributed by atoms with Gasteiger partial charge in [-0.25, -0.2) is 4.98 Å². The number of carbonyl (C=O) groups excluding carboxylic acids is 2. The molecule has 2 N–H and O–H groups in total. The van der Waals surface area contributed by atoms with Gasteiger partial charge in [-0.2, -0.15) is 13.2 Å². The summed E-state index contributed by atoms with van der Waals surface area (Å²) in [5, 5.41) is 4.76. The van der Waals surface area contributed by atoms with E-state index in [2.05, 4.69) is 10.3 Å². The van der Waals surface area contributed by atoms with Crippen LogP contribution in [0.25, 0.3) is 0 Å². The first-order chi connectivity index (χ1) is 11.3. The summed E-state index contributed by atoms with van der Waals surface area (Å²) in [6.45, 7) is -0.285. The van der Waals surface area contributed by atoms with Gasteiger partial charge < -0.3 is 15.2 Å². The van der Waals surface area contributed by atoms with Crippen molar-refractivity contribution in [2.75, 3.05) is 13.1 Å². The zero-order valence-electron chi connectivity index (χ0n) is 13.0. The van der Waals surface area contributed by atoms with Crippen LogP contribution in [0.1, 0.15) is 35.4 Å². The summed E-state index contributed by atoms with van der Waals surface area (Å²) < 4.78 is 38.2. The van der Waals surface area contributed by atoms with Gasteiger partial charge in [-0.1, -0.05) is 0 Å². The molecule has 1 aliphatic heterocycles. The number of hydrogen-bond acceptors (Lipinski definition) is 3. The molecule has 2 aliphatic rings. The van der Waals surface area contributed by atoms with Crippen LogP contribution in [0.15, 0.2) is 6.33 Å². The Morgan fingerprint density at radius 3 is 2.67 bits per heavy atom. The number of amides is 2. The molecule has 9 heteroatoms. The van der Waals surface area contributed by atoms with Crippen molar-refractivity contribution in [2.24, 2.45) is 11.8 Å². The van der Waals surface area contributed by atoms with E-state index in [9.17, 15) is 22.8 Å². The third-order valence-electron chi connectivity index (χ3n) is 4.39. The molecule has 0 radical (unpaired) electrons. The molecule has 2 amide bonds. The molecule has 1 atom stereocenters. The van der Waals surface area contributed by atoms with Gasteiger partial charge in [-0.05, 0) is 31.6 Å². The van der Waals surface area contributed by atoms with Gasteiger partial charge >= 0.3 is 6.18 Å². The first-order valence-corrected chi connectivity index (χ1v) is 8.00. The zero-order chi connectivity index (χ0) is 17.3. The van der Waals surface area contributed by atoms with Crippen molar-refractivity contribution in [1.29, 1.82) is 0 Å². The molecular weight excluding hydrogens is 325 g/mol. The maximum Gasteiger partial charge on any atom is 0.405 e. The Balaban J connectivity index is 1.59. The maximum absolute atomic E-state index is 12.2. The van der Waals surface area contributed by atoms with Gasteiger partial charge in [0, 0.05) is 13.1 Å². The first-order valence-electron chi connectivity index (χ1n) is 8.00. The van der Waals surface area contributed by atoms with E-state index in [-0.39, 0.29) is 17.5 Å². The Hall–Kier alpha value is -2.06. The van der Waals surface area contributed by atoms with E-state index in [1.54, 1.807) is 4.57 Å². The Morgan fingerprint density at radius 2 is 2.00 bits per heavy atom. The Kier molecular flexibility index (Phi) is 4.51. The van der Waals surface area contributed by atoms with Crippen LogP contribution in [0.2, 0.25) is 0 Å². The molecule has 1 unspecified atom stereocenters. The number of carbonyl (C=O) groups is 2. The van der Waals surface area contributed by atoms with Gasteiger partial charge in [-0.15, -0.1) is 0 Å². The standard InChI is InChI=1S/C15H19F3N4O2/c16-15(17,18)7-20-14(24)12-11-4-3-10(6-22(11)8-21-12)13(23)19-5-9-1-2-9/h8-10H,1-7H2,(H,19,23)(H,20,24). The third kappa shape index (κ3) is 4.07. The lowest BCUT2D eigenvalue weighted by Crippen LogP contribution is -2.37. The van der Waals surface area contributed by atoms with Crippen LogP contribution in [-0.4, -0.2) is 40.6 Å². The number of halogens is 3. The van der Waals surface area contributed by atoms with Crippen LogP contribution in [0, 0.1) is 11.8 Å². The number of imidazole rings is 1. The number of alkyl halides is 3. The van der Waals surface area contributed by atoms with Crippen molar-refractivity contribution in [3.8, 4) is 0 Å². The molecule has 2 heterocycles. The number of hydrogen-bond donors (Lipinski definition) is 2. The van der Waals surface area contributed by atoms with Crippen molar-refractivity contribution >= 4 is 11.8 Å². The minimum absolute atomic E-state index is 0.00989. The number of fused-ring (bicyclic) bond motifs is 1. The second-order valence-electron chi connectivity index (χ2n) is 6.41. The molecule has 0 spiro atoms. The van der Waals surface area contributed by atoms with Crippen LogP contribution >= 0.6 is 0 Å². The highest BCUT2D eigenvalue weighted by molar-refractivity contribution is 5.93. The van der Waals surface area contributed by atoms with E-state index in [0.29, 0.717) is 37.5 Å². The SMILES string of the molecule is O=C(NCC(F)(F)F)c1ncn2c1CCC(C(=O)NCC1CC1)C2. The average molecular weight is 344 g/mol. The minimum atomic E-state index is -4.46. The summed E-state index contributed by atoms with van der Waals surface area (Å²) in [5.41, 5.74) is 0.594.